The molecule has 2 aliphatic rings. The molecule has 51 heavy (non-hydrogen) atoms. The van der Waals surface area contributed by atoms with E-state index in [4.69, 9.17) is 18.6 Å². The van der Waals surface area contributed by atoms with Crippen molar-refractivity contribution in [1.82, 2.24) is 4.90 Å². The number of hydrogen-bond donors (Lipinski definition) is 0. The van der Waals surface area contributed by atoms with Crippen molar-refractivity contribution in [1.29, 1.82) is 0 Å². The van der Waals surface area contributed by atoms with E-state index in [9.17, 15) is 9.59 Å². The Balaban J connectivity index is 1.62. The minimum Gasteiger partial charge on any atom is -0.482 e. The van der Waals surface area contributed by atoms with Crippen LogP contribution in [-0.4, -0.2) is 58.2 Å². The Morgan fingerprint density at radius 2 is 1.61 bits per heavy atom. The molecular formula is C43H67NO6Si. The molecule has 0 N–H and O–H groups in total. The third-order valence-corrected chi connectivity index (χ3v) is 17.5. The van der Waals surface area contributed by atoms with Gasteiger partial charge in [0.15, 0.2) is 14.9 Å². The first-order valence-electron chi connectivity index (χ1n) is 20.0. The monoisotopic (exact) mass is 721 g/mol. The van der Waals surface area contributed by atoms with Gasteiger partial charge in [0.05, 0.1) is 0 Å². The zero-order valence-corrected chi connectivity index (χ0v) is 34.1. The fourth-order valence-corrected chi connectivity index (χ4v) is 12.5. The van der Waals surface area contributed by atoms with E-state index in [1.165, 1.54) is 30.4 Å². The maximum Gasteiger partial charge on any atom is 0.409 e. The van der Waals surface area contributed by atoms with Crippen molar-refractivity contribution in [3.63, 3.8) is 0 Å². The summed E-state index contributed by atoms with van der Waals surface area (Å²) < 4.78 is 25.5. The van der Waals surface area contributed by atoms with Crippen molar-refractivity contribution in [2.24, 2.45) is 16.7 Å². The van der Waals surface area contributed by atoms with E-state index in [1.54, 1.807) is 19.0 Å². The lowest BCUT2D eigenvalue weighted by Crippen LogP contribution is -2.48. The summed E-state index contributed by atoms with van der Waals surface area (Å²) in [6.45, 7) is 14.0. The van der Waals surface area contributed by atoms with Gasteiger partial charge in [-0.2, -0.15) is 0 Å². The van der Waals surface area contributed by atoms with Gasteiger partial charge in [-0.25, -0.2) is 9.59 Å². The van der Waals surface area contributed by atoms with E-state index in [-0.39, 0.29) is 54.2 Å². The number of rotatable bonds is 20. The second kappa shape index (κ2) is 18.8. The van der Waals surface area contributed by atoms with Gasteiger partial charge in [-0.3, -0.25) is 0 Å². The maximum atomic E-state index is 13.2. The Bertz CT molecular complexity index is 1390. The Morgan fingerprint density at radius 3 is 2.24 bits per heavy atom. The van der Waals surface area contributed by atoms with Crippen molar-refractivity contribution < 1.29 is 28.2 Å². The van der Waals surface area contributed by atoms with Gasteiger partial charge in [0.25, 0.3) is 0 Å². The zero-order chi connectivity index (χ0) is 37.1. The summed E-state index contributed by atoms with van der Waals surface area (Å²) in [5, 5.41) is 0. The van der Waals surface area contributed by atoms with Gasteiger partial charge >= 0.3 is 12.1 Å². The molecule has 2 aliphatic carbocycles. The minimum absolute atomic E-state index is 0.0397. The quantitative estimate of drug-likeness (QED) is 0.0770. The maximum absolute atomic E-state index is 13.2. The van der Waals surface area contributed by atoms with Gasteiger partial charge in [0.2, 0.25) is 0 Å². The van der Waals surface area contributed by atoms with E-state index in [1.807, 2.05) is 36.4 Å². The first-order chi connectivity index (χ1) is 24.5. The molecule has 2 aromatic rings. The first-order valence-corrected chi connectivity index (χ1v) is 22.6. The van der Waals surface area contributed by atoms with Gasteiger partial charge < -0.3 is 23.5 Å². The molecule has 0 bridgehead atoms. The standard InChI is InChI=1S/C43H67NO6Si/c1-9-15-17-24-35(50-51(12-4,13-5)14-6)26-27-37-39(49-41(46)44(7)8)30-42(10-2)29-36-34(28-43(37,42)11-3)23-20-25-38(36)47-32-40(45)48-31-33-21-18-16-19-22-33/h16,18-23,25,35,37,39H,9-15,17,24,26-32H2,1-8H3/t35?,37-,39+,42-,43+/m0/s1. The van der Waals surface area contributed by atoms with E-state index < -0.39 is 8.32 Å². The molecule has 8 heteroatoms. The summed E-state index contributed by atoms with van der Waals surface area (Å²) in [5.74, 6) is 0.598. The van der Waals surface area contributed by atoms with Crippen LogP contribution in [0.5, 0.6) is 5.75 Å². The molecular weight excluding hydrogens is 655 g/mol. The van der Waals surface area contributed by atoms with E-state index >= 15 is 0 Å². The Labute approximate surface area is 310 Å². The SMILES string of the molecule is CCCCCC(CC[C@H]1[C@H](OC(=O)N(C)C)C[C@]2(CC)Cc3c(cccc3OCC(=O)OCc3ccccc3)C[C@]12CC)O[Si](CC)(CC)CC. The number of amides is 1. The van der Waals surface area contributed by atoms with Crippen LogP contribution in [-0.2, 0) is 38.1 Å². The van der Waals surface area contributed by atoms with Crippen LogP contribution in [0.1, 0.15) is 116 Å². The number of carbonyl (C=O) groups excluding carboxylic acids is 2. The number of nitrogens with zero attached hydrogens (tertiary/aromatic N) is 1. The van der Waals surface area contributed by atoms with Crippen LogP contribution in [0.2, 0.25) is 18.1 Å². The number of benzene rings is 2. The lowest BCUT2D eigenvalue weighted by molar-refractivity contribution is -0.147. The van der Waals surface area contributed by atoms with Crippen LogP contribution in [0.15, 0.2) is 48.5 Å². The number of hydrogen-bond acceptors (Lipinski definition) is 6. The summed E-state index contributed by atoms with van der Waals surface area (Å²) >= 11 is 0. The molecule has 1 fully saturated rings. The van der Waals surface area contributed by atoms with Crippen LogP contribution < -0.4 is 4.74 Å². The summed E-state index contributed by atoms with van der Waals surface area (Å²) in [4.78, 5) is 27.5. The van der Waals surface area contributed by atoms with Crippen molar-refractivity contribution in [2.45, 2.75) is 149 Å². The van der Waals surface area contributed by atoms with Gasteiger partial charge in [0, 0.05) is 26.1 Å². The van der Waals surface area contributed by atoms with Gasteiger partial charge in [-0.15, -0.1) is 0 Å². The van der Waals surface area contributed by atoms with Gasteiger partial charge in [0.1, 0.15) is 18.5 Å². The topological polar surface area (TPSA) is 74.3 Å². The first kappa shape index (κ1) is 40.9. The highest BCUT2D eigenvalue weighted by atomic mass is 28.4. The summed E-state index contributed by atoms with van der Waals surface area (Å²) in [7, 11) is 1.76. The number of esters is 1. The summed E-state index contributed by atoms with van der Waals surface area (Å²) in [6, 6.07) is 19.5. The lowest BCUT2D eigenvalue weighted by Gasteiger charge is -2.52. The molecule has 5 atom stereocenters. The average molecular weight is 722 g/mol. The Hall–Kier alpha value is -2.84. The van der Waals surface area contributed by atoms with E-state index in [0.717, 1.165) is 80.8 Å². The van der Waals surface area contributed by atoms with Gasteiger partial charge in [-0.1, -0.05) is 103 Å². The molecule has 1 unspecified atom stereocenters. The molecule has 0 aliphatic heterocycles. The molecule has 2 aromatic carbocycles. The fraction of sp³-hybridized carbons (Fsp3) is 0.674. The number of fused-ring (bicyclic) bond motifs is 2. The molecule has 0 aromatic heterocycles. The predicted molar refractivity (Wildman–Crippen MR) is 209 cm³/mol. The second-order valence-corrected chi connectivity index (χ2v) is 20.2. The fourth-order valence-electron chi connectivity index (χ4n) is 9.56. The minimum atomic E-state index is -1.79. The predicted octanol–water partition coefficient (Wildman–Crippen LogP) is 10.5. The highest BCUT2D eigenvalue weighted by Gasteiger charge is 2.64. The van der Waals surface area contributed by atoms with E-state index in [2.05, 4.69) is 53.7 Å². The number of ether oxygens (including phenoxy) is 3. The van der Waals surface area contributed by atoms with Crippen molar-refractivity contribution in [3.05, 3.63) is 65.2 Å². The third-order valence-electron chi connectivity index (χ3n) is 12.8. The Morgan fingerprint density at radius 1 is 0.882 bits per heavy atom. The molecule has 0 heterocycles. The molecule has 0 saturated heterocycles. The van der Waals surface area contributed by atoms with Crippen molar-refractivity contribution in [3.8, 4) is 5.75 Å². The molecule has 0 radical (unpaired) electrons. The summed E-state index contributed by atoms with van der Waals surface area (Å²) in [6.07, 6.45) is 11.1. The third kappa shape index (κ3) is 9.40. The van der Waals surface area contributed by atoms with Crippen LogP contribution in [0, 0.1) is 16.7 Å². The summed E-state index contributed by atoms with van der Waals surface area (Å²) in [5.41, 5.74) is 3.30. The highest BCUT2D eigenvalue weighted by molar-refractivity contribution is 6.73. The second-order valence-electron chi connectivity index (χ2n) is 15.5. The van der Waals surface area contributed by atoms with Crippen LogP contribution in [0.3, 0.4) is 0 Å². The molecule has 284 valence electrons. The number of carbonyl (C=O) groups is 2. The average Bonchev–Trinajstić information content (AvgIpc) is 3.41. The molecule has 0 spiro atoms. The van der Waals surface area contributed by atoms with Crippen LogP contribution in [0.4, 0.5) is 4.79 Å². The number of unbranched alkanes of at least 4 members (excludes halogenated alkanes) is 2. The van der Waals surface area contributed by atoms with Crippen molar-refractivity contribution in [2.75, 3.05) is 20.7 Å². The zero-order valence-electron chi connectivity index (χ0n) is 33.1. The molecule has 4 rings (SSSR count). The highest BCUT2D eigenvalue weighted by Crippen LogP contribution is 2.67. The van der Waals surface area contributed by atoms with Crippen LogP contribution >= 0.6 is 0 Å². The molecule has 7 nitrogen and oxygen atoms in total. The largest absolute Gasteiger partial charge is 0.482 e. The van der Waals surface area contributed by atoms with Crippen LogP contribution in [0.25, 0.3) is 0 Å². The van der Waals surface area contributed by atoms with Gasteiger partial charge in [-0.05, 0) is 103 Å². The van der Waals surface area contributed by atoms with Crippen molar-refractivity contribution >= 4 is 20.4 Å². The lowest BCUT2D eigenvalue weighted by atomic mass is 9.51. The molecule has 1 saturated carbocycles. The van der Waals surface area contributed by atoms with E-state index in [0.29, 0.717) is 0 Å². The molecule has 1 amide bonds. The Kier molecular flexibility index (Phi) is 15.1. The normalized spacial score (nSPS) is 23.2. The smallest absolute Gasteiger partial charge is 0.409 e.